The second kappa shape index (κ2) is 8.24. The van der Waals surface area contributed by atoms with E-state index in [1.807, 2.05) is 31.5 Å². The van der Waals surface area contributed by atoms with Gasteiger partial charge in [0.05, 0.1) is 0 Å². The van der Waals surface area contributed by atoms with Gasteiger partial charge < -0.3 is 10.5 Å². The maximum Gasteiger partial charge on any atom is 0.261 e. The average molecular weight is 426 g/mol. The number of aromatic nitrogens is 2. The lowest BCUT2D eigenvalue weighted by Crippen LogP contribution is -2.46. The van der Waals surface area contributed by atoms with Gasteiger partial charge in [-0.25, -0.2) is 19.4 Å². The summed E-state index contributed by atoms with van der Waals surface area (Å²) in [6, 6.07) is 5.40. The molecular weight excluding hydrogens is 397 g/mol. The first kappa shape index (κ1) is 21.2. The van der Waals surface area contributed by atoms with E-state index < -0.39 is 11.9 Å². The van der Waals surface area contributed by atoms with Crippen molar-refractivity contribution in [3.8, 4) is 5.75 Å². The van der Waals surface area contributed by atoms with E-state index in [9.17, 15) is 9.18 Å². The summed E-state index contributed by atoms with van der Waals surface area (Å²) in [5.74, 6) is 0.752. The number of carbonyl (C=O) groups is 1. The molecular formula is C23H28FN5O2. The van der Waals surface area contributed by atoms with Gasteiger partial charge in [0.15, 0.2) is 11.5 Å². The van der Waals surface area contributed by atoms with E-state index in [1.165, 1.54) is 18.2 Å². The van der Waals surface area contributed by atoms with E-state index in [0.717, 1.165) is 42.4 Å². The van der Waals surface area contributed by atoms with Gasteiger partial charge >= 0.3 is 0 Å². The topological polar surface area (TPSA) is 93.7 Å². The second-order valence-electron chi connectivity index (χ2n) is 8.47. The minimum absolute atomic E-state index is 0.0336. The Labute approximate surface area is 181 Å². The Bertz CT molecular complexity index is 997. The van der Waals surface area contributed by atoms with Crippen LogP contribution in [-0.2, 0) is 10.3 Å². The summed E-state index contributed by atoms with van der Waals surface area (Å²) in [6.45, 7) is 3.18. The summed E-state index contributed by atoms with van der Waals surface area (Å²) >= 11 is 0. The number of aryl methyl sites for hydroxylation is 1. The Morgan fingerprint density at radius 2 is 2.03 bits per heavy atom. The first-order valence-electron chi connectivity index (χ1n) is 10.6. The molecule has 1 amide bonds. The van der Waals surface area contributed by atoms with Crippen LogP contribution in [0.1, 0.15) is 55.2 Å². The molecule has 4 rings (SSSR count). The van der Waals surface area contributed by atoms with Crippen LogP contribution in [0.3, 0.4) is 0 Å². The zero-order chi connectivity index (χ0) is 22.2. The Morgan fingerprint density at radius 3 is 2.65 bits per heavy atom. The van der Waals surface area contributed by atoms with Crippen molar-refractivity contribution in [3.63, 3.8) is 0 Å². The van der Waals surface area contributed by atoms with Crippen LogP contribution in [0.2, 0.25) is 0 Å². The number of likely N-dealkylation sites (N-methyl/N-ethyl adjacent to an activating group) is 1. The smallest absolute Gasteiger partial charge is 0.261 e. The van der Waals surface area contributed by atoms with Crippen LogP contribution in [0.5, 0.6) is 5.75 Å². The van der Waals surface area contributed by atoms with E-state index in [2.05, 4.69) is 9.97 Å². The molecule has 2 N–H and O–H groups in total. The number of hydrogen-bond acceptors (Lipinski definition) is 6. The fourth-order valence-electron chi connectivity index (χ4n) is 4.94. The minimum Gasteiger partial charge on any atom is -0.460 e. The number of halogens is 1. The van der Waals surface area contributed by atoms with Crippen molar-refractivity contribution in [2.75, 3.05) is 7.05 Å². The Morgan fingerprint density at radius 1 is 1.29 bits per heavy atom. The fourth-order valence-corrected chi connectivity index (χ4v) is 4.94. The van der Waals surface area contributed by atoms with Crippen molar-refractivity contribution < 1.29 is 13.9 Å². The maximum absolute atomic E-state index is 13.6. The van der Waals surface area contributed by atoms with Crippen molar-refractivity contribution in [3.05, 3.63) is 53.6 Å². The molecule has 1 aliphatic carbocycles. The highest BCUT2D eigenvalue weighted by atomic mass is 19.1. The summed E-state index contributed by atoms with van der Waals surface area (Å²) < 4.78 is 18.6. The molecule has 1 aromatic heterocycles. The average Bonchev–Trinajstić information content (AvgIpc) is 3.00. The van der Waals surface area contributed by atoms with Crippen LogP contribution in [0.15, 0.2) is 41.9 Å². The van der Waals surface area contributed by atoms with Crippen LogP contribution in [0.4, 0.5) is 4.39 Å². The van der Waals surface area contributed by atoms with Crippen LogP contribution in [-0.4, -0.2) is 40.1 Å². The fraction of sp³-hybridized carbons (Fsp3) is 0.478. The lowest BCUT2D eigenvalue weighted by atomic mass is 9.67. The molecule has 2 aliphatic rings. The van der Waals surface area contributed by atoms with E-state index in [-0.39, 0.29) is 23.7 Å². The normalized spacial score (nSPS) is 27.2. The third kappa shape index (κ3) is 3.75. The van der Waals surface area contributed by atoms with Gasteiger partial charge in [0.2, 0.25) is 6.36 Å². The summed E-state index contributed by atoms with van der Waals surface area (Å²) in [7, 11) is 1.66. The predicted octanol–water partition coefficient (Wildman–Crippen LogP) is 3.44. The number of nitrogens with zero attached hydrogens (tertiary/aromatic N) is 4. The summed E-state index contributed by atoms with van der Waals surface area (Å²) in [4.78, 5) is 28.1. The van der Waals surface area contributed by atoms with E-state index in [1.54, 1.807) is 13.1 Å². The first-order chi connectivity index (χ1) is 14.8. The summed E-state index contributed by atoms with van der Waals surface area (Å²) in [5.41, 5.74) is 7.62. The number of amides is 1. The number of aliphatic imine (C=N–C) groups is 1. The van der Waals surface area contributed by atoms with Crippen molar-refractivity contribution >= 4 is 11.9 Å². The zero-order valence-electron chi connectivity index (χ0n) is 18.1. The van der Waals surface area contributed by atoms with Gasteiger partial charge in [-0.2, -0.15) is 0 Å². The standard InChI is InChI=1S/C23H28FN5O2/c1-14-9-19(7-8-20(14)31-15(2)24)23(21(30)29(3)22(25)28-23)18-6-4-5-16(10-18)17-11-26-13-27-12-17/h7-9,11-13,15-16,18H,4-6,10H2,1-3H3,(H2,25,28). The molecule has 4 unspecified atom stereocenters. The molecule has 0 radical (unpaired) electrons. The number of carbonyl (C=O) groups excluding carboxylic acids is 1. The first-order valence-corrected chi connectivity index (χ1v) is 10.6. The van der Waals surface area contributed by atoms with Gasteiger partial charge in [0.25, 0.3) is 5.91 Å². The highest BCUT2D eigenvalue weighted by Gasteiger charge is 2.54. The molecule has 0 saturated heterocycles. The third-order valence-electron chi connectivity index (χ3n) is 6.49. The van der Waals surface area contributed by atoms with Crippen LogP contribution < -0.4 is 10.5 Å². The molecule has 1 aromatic carbocycles. The predicted molar refractivity (Wildman–Crippen MR) is 115 cm³/mol. The van der Waals surface area contributed by atoms with E-state index in [4.69, 9.17) is 15.5 Å². The van der Waals surface area contributed by atoms with Crippen molar-refractivity contribution in [1.29, 1.82) is 0 Å². The summed E-state index contributed by atoms with van der Waals surface area (Å²) in [5, 5.41) is 0. The summed E-state index contributed by atoms with van der Waals surface area (Å²) in [6.07, 6.45) is 7.43. The van der Waals surface area contributed by atoms with E-state index >= 15 is 0 Å². The number of benzene rings is 1. The Kier molecular flexibility index (Phi) is 5.64. The van der Waals surface area contributed by atoms with Crippen LogP contribution in [0.25, 0.3) is 0 Å². The lowest BCUT2D eigenvalue weighted by Gasteiger charge is -2.39. The van der Waals surface area contributed by atoms with Gasteiger partial charge in [-0.1, -0.05) is 12.5 Å². The highest BCUT2D eigenvalue weighted by Crippen LogP contribution is 2.49. The largest absolute Gasteiger partial charge is 0.460 e. The third-order valence-corrected chi connectivity index (χ3v) is 6.49. The molecule has 1 fully saturated rings. The van der Waals surface area contributed by atoms with Gasteiger partial charge in [-0.05, 0) is 66.8 Å². The number of rotatable bonds is 5. The number of alkyl halides is 1. The molecule has 7 nitrogen and oxygen atoms in total. The van der Waals surface area contributed by atoms with Gasteiger partial charge in [-0.3, -0.25) is 9.69 Å². The maximum atomic E-state index is 13.6. The van der Waals surface area contributed by atoms with Gasteiger partial charge in [0, 0.05) is 26.4 Å². The monoisotopic (exact) mass is 425 g/mol. The van der Waals surface area contributed by atoms with Gasteiger partial charge in [-0.15, -0.1) is 0 Å². The van der Waals surface area contributed by atoms with Crippen LogP contribution in [0, 0.1) is 12.8 Å². The quantitative estimate of drug-likeness (QED) is 0.792. The second-order valence-corrected chi connectivity index (χ2v) is 8.47. The SMILES string of the molecule is Cc1cc(C2(C3CCCC(c4cncnc4)C3)N=C(N)N(C)C2=O)ccc1OC(C)F. The molecule has 1 saturated carbocycles. The van der Waals surface area contributed by atoms with Crippen molar-refractivity contribution in [2.45, 2.75) is 57.3 Å². The Hall–Kier alpha value is -3.03. The Balaban J connectivity index is 1.75. The molecule has 164 valence electrons. The minimum atomic E-state index is -1.42. The zero-order valence-corrected chi connectivity index (χ0v) is 18.1. The number of nitrogens with two attached hydrogens (primary N) is 1. The van der Waals surface area contributed by atoms with Crippen molar-refractivity contribution in [1.82, 2.24) is 14.9 Å². The molecule has 31 heavy (non-hydrogen) atoms. The molecule has 4 atom stereocenters. The molecule has 8 heteroatoms. The molecule has 1 aliphatic heterocycles. The molecule has 0 spiro atoms. The van der Waals surface area contributed by atoms with E-state index in [0.29, 0.717) is 5.75 Å². The molecule has 0 bridgehead atoms. The van der Waals surface area contributed by atoms with Gasteiger partial charge in [0.1, 0.15) is 12.1 Å². The number of guanidine groups is 1. The molecule has 2 aromatic rings. The van der Waals surface area contributed by atoms with Crippen LogP contribution >= 0.6 is 0 Å². The number of ether oxygens (including phenoxy) is 1. The van der Waals surface area contributed by atoms with Crippen molar-refractivity contribution in [2.24, 2.45) is 16.6 Å². The highest BCUT2D eigenvalue weighted by molar-refractivity contribution is 6.07. The number of hydrogen-bond donors (Lipinski definition) is 1. The lowest BCUT2D eigenvalue weighted by molar-refractivity contribution is -0.133. The molecule has 2 heterocycles.